The van der Waals surface area contributed by atoms with Gasteiger partial charge in [-0.25, -0.2) is 15.0 Å². The Balaban J connectivity index is 1.40. The lowest BCUT2D eigenvalue weighted by Crippen LogP contribution is -2.40. The van der Waals surface area contributed by atoms with Gasteiger partial charge in [-0.15, -0.1) is 11.3 Å². The Kier molecular flexibility index (Phi) is 5.38. The molecule has 5 rings (SSSR count). The molecule has 0 saturated carbocycles. The van der Waals surface area contributed by atoms with Crippen LogP contribution in [-0.4, -0.2) is 49.3 Å². The maximum absolute atomic E-state index is 13.7. The molecule has 4 aromatic rings. The van der Waals surface area contributed by atoms with Crippen molar-refractivity contribution in [1.82, 2.24) is 24.3 Å². The molecule has 1 aliphatic rings. The molecule has 0 spiro atoms. The fourth-order valence-electron chi connectivity index (χ4n) is 4.08. The molecule has 1 N–H and O–H groups in total. The number of hydrogen-bond donors (Lipinski definition) is 1. The van der Waals surface area contributed by atoms with Crippen molar-refractivity contribution in [2.24, 2.45) is 0 Å². The summed E-state index contributed by atoms with van der Waals surface area (Å²) in [6.07, 6.45) is 8.48. The van der Waals surface area contributed by atoms with Gasteiger partial charge in [0, 0.05) is 48.7 Å². The van der Waals surface area contributed by atoms with Gasteiger partial charge < -0.3 is 10.2 Å². The Hall–Kier alpha value is -3.26. The molecule has 0 radical (unpaired) electrons. The normalized spacial score (nSPS) is 16.2. The molecule has 7 nitrogen and oxygen atoms in total. The van der Waals surface area contributed by atoms with Gasteiger partial charge in [0.25, 0.3) is 5.91 Å². The minimum Gasteiger partial charge on any atom is -0.352 e. The number of nitrogens with one attached hydrogen (secondary N) is 1. The highest BCUT2D eigenvalue weighted by atomic mass is 32.1. The number of thiazole rings is 1. The molecule has 1 fully saturated rings. The van der Waals surface area contributed by atoms with Gasteiger partial charge in [-0.1, -0.05) is 37.3 Å². The highest BCUT2D eigenvalue weighted by Crippen LogP contribution is 2.30. The van der Waals surface area contributed by atoms with Gasteiger partial charge in [0.05, 0.1) is 0 Å². The van der Waals surface area contributed by atoms with Crippen LogP contribution in [0.3, 0.4) is 0 Å². The Morgan fingerprint density at radius 2 is 2.03 bits per heavy atom. The molecule has 8 heteroatoms. The molecule has 1 saturated heterocycles. The number of aromatic nitrogens is 4. The summed E-state index contributed by atoms with van der Waals surface area (Å²) < 4.78 is 1.92. The maximum Gasteiger partial charge on any atom is 0.273 e. The van der Waals surface area contributed by atoms with E-state index in [9.17, 15) is 4.79 Å². The molecule has 1 atom stereocenters. The van der Waals surface area contributed by atoms with Crippen LogP contribution in [0.4, 0.5) is 5.95 Å². The molecule has 0 unspecified atom stereocenters. The summed E-state index contributed by atoms with van der Waals surface area (Å²) >= 11 is 1.54. The van der Waals surface area contributed by atoms with Gasteiger partial charge in [0.15, 0.2) is 4.96 Å². The van der Waals surface area contributed by atoms with Crippen molar-refractivity contribution >= 4 is 28.2 Å². The van der Waals surface area contributed by atoms with Crippen molar-refractivity contribution in [3.8, 4) is 11.3 Å². The zero-order chi connectivity index (χ0) is 21.2. The summed E-state index contributed by atoms with van der Waals surface area (Å²) in [4.78, 5) is 30.1. The number of imidazole rings is 1. The van der Waals surface area contributed by atoms with Crippen LogP contribution in [-0.2, 0) is 6.42 Å². The molecule has 4 heterocycles. The molecule has 1 aliphatic heterocycles. The van der Waals surface area contributed by atoms with Crippen molar-refractivity contribution in [3.63, 3.8) is 0 Å². The Morgan fingerprint density at radius 3 is 2.81 bits per heavy atom. The van der Waals surface area contributed by atoms with Gasteiger partial charge in [-0.2, -0.15) is 0 Å². The van der Waals surface area contributed by atoms with Gasteiger partial charge in [0.1, 0.15) is 11.4 Å². The fraction of sp³-hybridized carbons (Fsp3) is 0.304. The Labute approximate surface area is 184 Å². The third-order valence-electron chi connectivity index (χ3n) is 5.76. The average Bonchev–Trinajstić information content (AvgIpc) is 3.54. The topological polar surface area (TPSA) is 75.4 Å². The summed E-state index contributed by atoms with van der Waals surface area (Å²) in [7, 11) is 0. The zero-order valence-corrected chi connectivity index (χ0v) is 18.2. The van der Waals surface area contributed by atoms with E-state index in [1.807, 2.05) is 63.6 Å². The first-order chi connectivity index (χ1) is 15.2. The number of amides is 1. The quantitative estimate of drug-likeness (QED) is 0.496. The van der Waals surface area contributed by atoms with Gasteiger partial charge >= 0.3 is 0 Å². The van der Waals surface area contributed by atoms with Gasteiger partial charge in [-0.05, 0) is 24.8 Å². The lowest BCUT2D eigenvalue weighted by Gasteiger charge is -2.25. The largest absolute Gasteiger partial charge is 0.352 e. The van der Waals surface area contributed by atoms with E-state index in [4.69, 9.17) is 4.98 Å². The van der Waals surface area contributed by atoms with E-state index in [0.717, 1.165) is 47.6 Å². The third kappa shape index (κ3) is 3.79. The lowest BCUT2D eigenvalue weighted by atomic mass is 10.1. The molecule has 1 amide bonds. The standard InChI is InChI=1S/C23H24N6OS/c1-2-16-13-24-22(25-14-16)26-15-18-9-6-10-28(18)21(30)20-19(17-7-4-3-5-8-17)27-23-29(20)11-12-31-23/h3-5,7-8,11-14,18H,2,6,9-10,15H2,1H3,(H,24,25,26)/t18-/m0/s1. The molecule has 1 aromatic carbocycles. The number of carbonyl (C=O) groups is 1. The number of aryl methyl sites for hydroxylation is 1. The second-order valence-corrected chi connectivity index (χ2v) is 8.55. The highest BCUT2D eigenvalue weighted by molar-refractivity contribution is 7.15. The van der Waals surface area contributed by atoms with E-state index in [0.29, 0.717) is 18.2 Å². The summed E-state index contributed by atoms with van der Waals surface area (Å²) in [5.74, 6) is 0.627. The molecule has 158 valence electrons. The molecule has 0 bridgehead atoms. The first-order valence-corrected chi connectivity index (χ1v) is 11.5. The van der Waals surface area contributed by atoms with E-state index in [-0.39, 0.29) is 11.9 Å². The first kappa shape index (κ1) is 19.7. The van der Waals surface area contributed by atoms with Crippen molar-refractivity contribution in [3.05, 3.63) is 65.6 Å². The SMILES string of the molecule is CCc1cnc(NC[C@@H]2CCCN2C(=O)c2c(-c3ccccc3)nc3sccn23)nc1. The van der Waals surface area contributed by atoms with E-state index < -0.39 is 0 Å². The van der Waals surface area contributed by atoms with Crippen LogP contribution < -0.4 is 5.32 Å². The van der Waals surface area contributed by atoms with Crippen LogP contribution in [0.25, 0.3) is 16.2 Å². The Bertz CT molecular complexity index is 1180. The Morgan fingerprint density at radius 1 is 1.23 bits per heavy atom. The van der Waals surface area contributed by atoms with Crippen molar-refractivity contribution in [1.29, 1.82) is 0 Å². The second-order valence-electron chi connectivity index (χ2n) is 7.67. The number of benzene rings is 1. The second kappa shape index (κ2) is 8.47. The summed E-state index contributed by atoms with van der Waals surface area (Å²) in [5.41, 5.74) is 3.45. The number of nitrogens with zero attached hydrogens (tertiary/aromatic N) is 5. The van der Waals surface area contributed by atoms with Crippen LogP contribution in [0.5, 0.6) is 0 Å². The molecule has 3 aromatic heterocycles. The zero-order valence-electron chi connectivity index (χ0n) is 17.4. The predicted molar refractivity (Wildman–Crippen MR) is 122 cm³/mol. The monoisotopic (exact) mass is 432 g/mol. The van der Waals surface area contributed by atoms with Gasteiger partial charge in [-0.3, -0.25) is 9.20 Å². The molecule has 31 heavy (non-hydrogen) atoms. The van der Waals surface area contributed by atoms with Crippen molar-refractivity contribution in [2.45, 2.75) is 32.2 Å². The van der Waals surface area contributed by atoms with Crippen LogP contribution in [0.15, 0.2) is 54.3 Å². The minimum absolute atomic E-state index is 0.0244. The van der Waals surface area contributed by atoms with Crippen molar-refractivity contribution in [2.75, 3.05) is 18.4 Å². The van der Waals surface area contributed by atoms with Crippen LogP contribution in [0.1, 0.15) is 35.8 Å². The number of carbonyl (C=O) groups excluding carboxylic acids is 1. The van der Waals surface area contributed by atoms with Crippen LogP contribution in [0, 0.1) is 0 Å². The van der Waals surface area contributed by atoms with E-state index in [2.05, 4.69) is 22.2 Å². The predicted octanol–water partition coefficient (Wildman–Crippen LogP) is 4.13. The van der Waals surface area contributed by atoms with E-state index in [1.165, 1.54) is 0 Å². The maximum atomic E-state index is 13.7. The minimum atomic E-state index is 0.0244. The number of fused-ring (bicyclic) bond motifs is 1. The number of likely N-dealkylation sites (tertiary alicyclic amines) is 1. The first-order valence-electron chi connectivity index (χ1n) is 10.6. The average molecular weight is 433 g/mol. The number of hydrogen-bond acceptors (Lipinski definition) is 6. The van der Waals surface area contributed by atoms with E-state index >= 15 is 0 Å². The number of anilines is 1. The number of rotatable bonds is 6. The van der Waals surface area contributed by atoms with Crippen LogP contribution >= 0.6 is 11.3 Å². The molecule has 0 aliphatic carbocycles. The summed E-state index contributed by atoms with van der Waals surface area (Å²) in [6, 6.07) is 10.0. The van der Waals surface area contributed by atoms with Gasteiger partial charge in [0.2, 0.25) is 5.95 Å². The highest BCUT2D eigenvalue weighted by Gasteiger charge is 2.33. The van der Waals surface area contributed by atoms with Crippen molar-refractivity contribution < 1.29 is 4.79 Å². The lowest BCUT2D eigenvalue weighted by molar-refractivity contribution is 0.0737. The summed E-state index contributed by atoms with van der Waals surface area (Å²) in [5, 5.41) is 5.28. The fourth-order valence-corrected chi connectivity index (χ4v) is 4.79. The third-order valence-corrected chi connectivity index (χ3v) is 6.52. The molecular formula is C23H24N6OS. The van der Waals surface area contributed by atoms with Crippen LogP contribution in [0.2, 0.25) is 0 Å². The van der Waals surface area contributed by atoms with E-state index in [1.54, 1.807) is 11.3 Å². The summed E-state index contributed by atoms with van der Waals surface area (Å²) in [6.45, 7) is 3.45. The molecular weight excluding hydrogens is 408 g/mol. The smallest absolute Gasteiger partial charge is 0.273 e.